The molecule has 0 amide bonds. The van der Waals surface area contributed by atoms with Crippen LogP contribution >= 0.6 is 0 Å². The first kappa shape index (κ1) is 14.5. The standard InChI is InChI=1S/C22H16N2/c1-14-19(12-23)17-10-6-9-16-11-18(15-7-4-3-5-8-15)20(13-24)22(14,2)21(16)17/h3-10H,11H2,1-2H3. The number of rotatable bonds is 1. The number of hydrogen-bond acceptors (Lipinski definition) is 2. The molecule has 114 valence electrons. The fraction of sp³-hybridized carbons (Fsp3) is 0.182. The van der Waals surface area contributed by atoms with E-state index < -0.39 is 5.41 Å². The zero-order chi connectivity index (χ0) is 16.9. The van der Waals surface area contributed by atoms with Crippen LogP contribution in [-0.2, 0) is 11.8 Å². The van der Waals surface area contributed by atoms with Gasteiger partial charge < -0.3 is 0 Å². The molecule has 4 rings (SSSR count). The van der Waals surface area contributed by atoms with E-state index >= 15 is 0 Å². The van der Waals surface area contributed by atoms with Crippen LogP contribution in [0, 0.1) is 22.7 Å². The van der Waals surface area contributed by atoms with Gasteiger partial charge in [-0.2, -0.15) is 10.5 Å². The van der Waals surface area contributed by atoms with Gasteiger partial charge in [0.15, 0.2) is 0 Å². The van der Waals surface area contributed by atoms with Crippen LogP contribution in [0.2, 0.25) is 0 Å². The summed E-state index contributed by atoms with van der Waals surface area (Å²) in [6.07, 6.45) is 0.734. The number of nitriles is 2. The molecule has 0 fully saturated rings. The highest BCUT2D eigenvalue weighted by Crippen LogP contribution is 2.55. The van der Waals surface area contributed by atoms with Crippen molar-refractivity contribution in [3.05, 3.63) is 81.9 Å². The lowest BCUT2D eigenvalue weighted by Gasteiger charge is -2.35. The van der Waals surface area contributed by atoms with Crippen molar-refractivity contribution in [2.45, 2.75) is 25.7 Å². The number of hydrogen-bond donors (Lipinski definition) is 0. The maximum absolute atomic E-state index is 10.0. The van der Waals surface area contributed by atoms with Crippen molar-refractivity contribution in [1.29, 1.82) is 10.5 Å². The molecule has 0 N–H and O–H groups in total. The van der Waals surface area contributed by atoms with Crippen LogP contribution < -0.4 is 0 Å². The number of nitrogens with zero attached hydrogens (tertiary/aromatic N) is 2. The summed E-state index contributed by atoms with van der Waals surface area (Å²) in [6, 6.07) is 21.1. The predicted octanol–water partition coefficient (Wildman–Crippen LogP) is 4.79. The molecule has 0 aliphatic heterocycles. The SMILES string of the molecule is CC1=C(C#N)c2cccc3c2C1(C)C(C#N)=C(c1ccccc1)C3. The summed E-state index contributed by atoms with van der Waals surface area (Å²) in [7, 11) is 0. The molecule has 2 heteroatoms. The number of allylic oxidation sites excluding steroid dienone is 4. The normalized spacial score (nSPS) is 21.3. The largest absolute Gasteiger partial charge is 0.193 e. The third-order valence-electron chi connectivity index (χ3n) is 5.56. The Morgan fingerprint density at radius 2 is 1.71 bits per heavy atom. The van der Waals surface area contributed by atoms with Crippen LogP contribution in [0.4, 0.5) is 0 Å². The van der Waals surface area contributed by atoms with E-state index in [1.54, 1.807) is 0 Å². The highest BCUT2D eigenvalue weighted by atomic mass is 14.5. The molecule has 0 saturated carbocycles. The molecule has 1 atom stereocenters. The van der Waals surface area contributed by atoms with Gasteiger partial charge >= 0.3 is 0 Å². The minimum atomic E-state index is -0.505. The van der Waals surface area contributed by atoms with Gasteiger partial charge in [-0.25, -0.2) is 0 Å². The average Bonchev–Trinajstić information content (AvgIpc) is 2.84. The fourth-order valence-corrected chi connectivity index (χ4v) is 4.29. The van der Waals surface area contributed by atoms with Gasteiger partial charge in [0.05, 0.1) is 23.1 Å². The first-order chi connectivity index (χ1) is 11.6. The minimum Gasteiger partial charge on any atom is -0.193 e. The molecular weight excluding hydrogens is 292 g/mol. The summed E-state index contributed by atoms with van der Waals surface area (Å²) in [6.45, 7) is 4.09. The Bertz CT molecular complexity index is 1010. The van der Waals surface area contributed by atoms with Crippen molar-refractivity contribution in [3.8, 4) is 12.1 Å². The van der Waals surface area contributed by atoms with E-state index in [4.69, 9.17) is 0 Å². The zero-order valence-corrected chi connectivity index (χ0v) is 13.7. The van der Waals surface area contributed by atoms with E-state index in [0.717, 1.165) is 45.4 Å². The lowest BCUT2D eigenvalue weighted by molar-refractivity contribution is 0.673. The van der Waals surface area contributed by atoms with Gasteiger partial charge in [-0.05, 0) is 53.7 Å². The van der Waals surface area contributed by atoms with E-state index in [1.165, 1.54) is 5.56 Å². The maximum Gasteiger partial charge on any atom is 0.0997 e. The smallest absolute Gasteiger partial charge is 0.0997 e. The van der Waals surface area contributed by atoms with Gasteiger partial charge in [-0.1, -0.05) is 48.5 Å². The second-order valence-corrected chi connectivity index (χ2v) is 6.58. The molecule has 2 aliphatic rings. The molecule has 2 aromatic carbocycles. The first-order valence-corrected chi connectivity index (χ1v) is 8.06. The summed E-state index contributed by atoms with van der Waals surface area (Å²) in [5.41, 5.74) is 7.50. The van der Waals surface area contributed by atoms with Gasteiger partial charge in [0.1, 0.15) is 0 Å². The molecule has 1 unspecified atom stereocenters. The summed E-state index contributed by atoms with van der Waals surface area (Å²) >= 11 is 0. The second-order valence-electron chi connectivity index (χ2n) is 6.58. The van der Waals surface area contributed by atoms with E-state index in [0.29, 0.717) is 0 Å². The van der Waals surface area contributed by atoms with Crippen molar-refractivity contribution >= 4 is 11.1 Å². The molecular formula is C22H16N2. The zero-order valence-electron chi connectivity index (χ0n) is 13.7. The molecule has 0 heterocycles. The maximum atomic E-state index is 10.0. The summed E-state index contributed by atoms with van der Waals surface area (Å²) in [5.74, 6) is 0. The van der Waals surface area contributed by atoms with Crippen LogP contribution in [0.5, 0.6) is 0 Å². The summed E-state index contributed by atoms with van der Waals surface area (Å²) in [4.78, 5) is 0. The van der Waals surface area contributed by atoms with Crippen molar-refractivity contribution in [2.75, 3.05) is 0 Å². The van der Waals surface area contributed by atoms with Gasteiger partial charge in [0.2, 0.25) is 0 Å². The van der Waals surface area contributed by atoms with Gasteiger partial charge in [-0.3, -0.25) is 0 Å². The second kappa shape index (κ2) is 4.95. The molecule has 0 bridgehead atoms. The Balaban J connectivity index is 2.10. The Labute approximate surface area is 142 Å². The molecule has 24 heavy (non-hydrogen) atoms. The minimum absolute atomic E-state index is 0.505. The van der Waals surface area contributed by atoms with Crippen LogP contribution in [-0.4, -0.2) is 0 Å². The number of benzene rings is 2. The molecule has 2 aromatic rings. The fourth-order valence-electron chi connectivity index (χ4n) is 4.29. The van der Waals surface area contributed by atoms with Crippen LogP contribution in [0.3, 0.4) is 0 Å². The van der Waals surface area contributed by atoms with Gasteiger partial charge in [0, 0.05) is 5.57 Å². The third-order valence-corrected chi connectivity index (χ3v) is 5.56. The van der Waals surface area contributed by atoms with Crippen molar-refractivity contribution < 1.29 is 0 Å². The first-order valence-electron chi connectivity index (χ1n) is 8.06. The molecule has 0 saturated heterocycles. The highest BCUT2D eigenvalue weighted by molar-refractivity contribution is 5.94. The van der Waals surface area contributed by atoms with Crippen LogP contribution in [0.1, 0.15) is 36.1 Å². The molecule has 2 aliphatic carbocycles. The summed E-state index contributed by atoms with van der Waals surface area (Å²) in [5, 5.41) is 19.7. The average molecular weight is 308 g/mol. The lowest BCUT2D eigenvalue weighted by Crippen LogP contribution is -2.29. The Morgan fingerprint density at radius 1 is 0.958 bits per heavy atom. The topological polar surface area (TPSA) is 47.6 Å². The molecule has 2 nitrogen and oxygen atoms in total. The van der Waals surface area contributed by atoms with Crippen LogP contribution in [0.15, 0.2) is 59.7 Å². The highest BCUT2D eigenvalue weighted by Gasteiger charge is 2.47. The Kier molecular flexibility index (Phi) is 2.99. The Hall–Kier alpha value is -3.10. The van der Waals surface area contributed by atoms with E-state index in [1.807, 2.05) is 37.3 Å². The van der Waals surface area contributed by atoms with E-state index in [9.17, 15) is 10.5 Å². The van der Waals surface area contributed by atoms with E-state index in [2.05, 4.69) is 37.3 Å². The molecule has 0 aromatic heterocycles. The van der Waals surface area contributed by atoms with Gasteiger partial charge in [-0.15, -0.1) is 0 Å². The quantitative estimate of drug-likeness (QED) is 0.760. The van der Waals surface area contributed by atoms with Crippen molar-refractivity contribution in [1.82, 2.24) is 0 Å². The predicted molar refractivity (Wildman–Crippen MR) is 94.7 cm³/mol. The van der Waals surface area contributed by atoms with E-state index in [-0.39, 0.29) is 0 Å². The van der Waals surface area contributed by atoms with Crippen molar-refractivity contribution in [2.24, 2.45) is 0 Å². The monoisotopic (exact) mass is 308 g/mol. The van der Waals surface area contributed by atoms with Gasteiger partial charge in [0.25, 0.3) is 0 Å². The Morgan fingerprint density at radius 3 is 2.38 bits per heavy atom. The third kappa shape index (κ3) is 1.63. The van der Waals surface area contributed by atoms with Crippen LogP contribution in [0.25, 0.3) is 11.1 Å². The molecule has 0 spiro atoms. The molecule has 0 radical (unpaired) electrons. The summed E-state index contributed by atoms with van der Waals surface area (Å²) < 4.78 is 0. The lowest BCUT2D eigenvalue weighted by atomic mass is 9.65. The van der Waals surface area contributed by atoms with Crippen molar-refractivity contribution in [3.63, 3.8) is 0 Å².